The smallest absolute Gasteiger partial charge is 0.110 e. The van der Waals surface area contributed by atoms with Crippen molar-refractivity contribution in [2.75, 3.05) is 0 Å². The molecule has 3 nitrogen and oxygen atoms in total. The number of aryl methyl sites for hydroxylation is 2. The molecule has 1 unspecified atom stereocenters. The summed E-state index contributed by atoms with van der Waals surface area (Å²) in [6.45, 7) is 5.27. The molecule has 3 heteroatoms. The van der Waals surface area contributed by atoms with Crippen molar-refractivity contribution in [2.24, 2.45) is 5.73 Å². The van der Waals surface area contributed by atoms with Crippen molar-refractivity contribution in [3.8, 4) is 0 Å². The van der Waals surface area contributed by atoms with Crippen molar-refractivity contribution in [3.63, 3.8) is 0 Å². The van der Waals surface area contributed by atoms with E-state index in [1.807, 2.05) is 12.4 Å². The monoisotopic (exact) mass is 243 g/mol. The molecule has 0 saturated heterocycles. The molecule has 2 N–H and O–H groups in total. The van der Waals surface area contributed by atoms with Gasteiger partial charge >= 0.3 is 0 Å². The zero-order valence-corrected chi connectivity index (χ0v) is 11.1. The van der Waals surface area contributed by atoms with Crippen molar-refractivity contribution in [2.45, 2.75) is 39.3 Å². The van der Waals surface area contributed by atoms with Gasteiger partial charge in [0.2, 0.25) is 0 Å². The summed E-state index contributed by atoms with van der Waals surface area (Å²) < 4.78 is 2.19. The van der Waals surface area contributed by atoms with Crippen LogP contribution in [0.3, 0.4) is 0 Å². The molecule has 2 aromatic rings. The second-order valence-corrected chi connectivity index (χ2v) is 4.76. The highest BCUT2D eigenvalue weighted by Gasteiger charge is 2.10. The van der Waals surface area contributed by atoms with E-state index in [0.717, 1.165) is 25.2 Å². The number of nitrogens with zero attached hydrogens (tertiary/aromatic N) is 2. The normalized spacial score (nSPS) is 12.6. The minimum absolute atomic E-state index is 0.0172. The van der Waals surface area contributed by atoms with Gasteiger partial charge in [0.15, 0.2) is 0 Å². The lowest BCUT2D eigenvalue weighted by Crippen LogP contribution is -2.16. The number of aromatic nitrogens is 2. The minimum atomic E-state index is 0.0172. The summed E-state index contributed by atoms with van der Waals surface area (Å²) in [7, 11) is 0. The summed E-state index contributed by atoms with van der Waals surface area (Å²) in [5, 5.41) is 0. The average Bonchev–Trinajstić information content (AvgIpc) is 2.78. The molecule has 0 bridgehead atoms. The Hall–Kier alpha value is -1.61. The van der Waals surface area contributed by atoms with Crippen LogP contribution in [0.25, 0.3) is 0 Å². The van der Waals surface area contributed by atoms with Gasteiger partial charge in [-0.3, -0.25) is 0 Å². The Kier molecular flexibility index (Phi) is 4.15. The van der Waals surface area contributed by atoms with Crippen molar-refractivity contribution >= 4 is 0 Å². The third-order valence-corrected chi connectivity index (χ3v) is 3.17. The molecule has 0 saturated carbocycles. The molecule has 18 heavy (non-hydrogen) atoms. The fourth-order valence-electron chi connectivity index (χ4n) is 2.10. The quantitative estimate of drug-likeness (QED) is 0.877. The molecule has 0 radical (unpaired) electrons. The summed E-state index contributed by atoms with van der Waals surface area (Å²) in [6.07, 6.45) is 5.78. The van der Waals surface area contributed by atoms with E-state index >= 15 is 0 Å². The van der Waals surface area contributed by atoms with Crippen LogP contribution in [0.1, 0.15) is 36.3 Å². The molecule has 1 heterocycles. The Balaban J connectivity index is 2.08. The second-order valence-electron chi connectivity index (χ2n) is 4.76. The van der Waals surface area contributed by atoms with Gasteiger partial charge in [-0.05, 0) is 18.9 Å². The number of benzene rings is 1. The molecule has 1 aromatic carbocycles. The van der Waals surface area contributed by atoms with E-state index in [1.54, 1.807) is 0 Å². The molecule has 1 atom stereocenters. The van der Waals surface area contributed by atoms with Crippen molar-refractivity contribution in [3.05, 3.63) is 53.6 Å². The highest BCUT2D eigenvalue weighted by molar-refractivity contribution is 5.24. The first-order valence-electron chi connectivity index (χ1n) is 6.53. The van der Waals surface area contributed by atoms with E-state index in [0.29, 0.717) is 0 Å². The van der Waals surface area contributed by atoms with Crippen LogP contribution in [-0.4, -0.2) is 9.55 Å². The number of nitrogens with two attached hydrogens (primary N) is 1. The maximum Gasteiger partial charge on any atom is 0.110 e. The van der Waals surface area contributed by atoms with E-state index in [9.17, 15) is 0 Å². The highest BCUT2D eigenvalue weighted by Crippen LogP contribution is 2.16. The molecule has 0 aliphatic carbocycles. The summed E-state index contributed by atoms with van der Waals surface area (Å²) in [4.78, 5) is 4.40. The van der Waals surface area contributed by atoms with E-state index in [1.165, 1.54) is 11.1 Å². The van der Waals surface area contributed by atoms with Gasteiger partial charge in [0.1, 0.15) is 5.82 Å². The number of hydrogen-bond donors (Lipinski definition) is 1. The van der Waals surface area contributed by atoms with Crippen LogP contribution in [0, 0.1) is 6.92 Å². The Morgan fingerprint density at radius 3 is 2.67 bits per heavy atom. The largest absolute Gasteiger partial charge is 0.335 e. The maximum absolute atomic E-state index is 6.25. The van der Waals surface area contributed by atoms with Crippen LogP contribution >= 0.6 is 0 Å². The predicted molar refractivity (Wildman–Crippen MR) is 74.3 cm³/mol. The third-order valence-electron chi connectivity index (χ3n) is 3.17. The molecule has 0 fully saturated rings. The van der Waals surface area contributed by atoms with Crippen molar-refractivity contribution < 1.29 is 0 Å². The minimum Gasteiger partial charge on any atom is -0.335 e. The number of rotatable bonds is 5. The zero-order valence-electron chi connectivity index (χ0n) is 11.1. The molecular formula is C15H21N3. The molecule has 0 aliphatic heterocycles. The molecule has 96 valence electrons. The Morgan fingerprint density at radius 2 is 2.00 bits per heavy atom. The van der Waals surface area contributed by atoms with Gasteiger partial charge < -0.3 is 10.3 Å². The van der Waals surface area contributed by atoms with Crippen LogP contribution in [0.15, 0.2) is 36.7 Å². The van der Waals surface area contributed by atoms with Gasteiger partial charge in [-0.2, -0.15) is 0 Å². The molecule has 0 spiro atoms. The lowest BCUT2D eigenvalue weighted by molar-refractivity contribution is 0.599. The lowest BCUT2D eigenvalue weighted by atomic mass is 10.0. The average molecular weight is 243 g/mol. The van der Waals surface area contributed by atoms with Crippen LogP contribution in [0.2, 0.25) is 0 Å². The van der Waals surface area contributed by atoms with Gasteiger partial charge in [-0.1, -0.05) is 36.8 Å². The molecule has 0 amide bonds. The summed E-state index contributed by atoms with van der Waals surface area (Å²) in [5.41, 5.74) is 8.68. The SMILES string of the molecule is CCCn1ccnc1CC(N)c1ccc(C)cc1. The van der Waals surface area contributed by atoms with Crippen LogP contribution in [-0.2, 0) is 13.0 Å². The van der Waals surface area contributed by atoms with Gasteiger partial charge in [-0.15, -0.1) is 0 Å². The van der Waals surface area contributed by atoms with Crippen LogP contribution < -0.4 is 5.73 Å². The van der Waals surface area contributed by atoms with Crippen molar-refractivity contribution in [1.82, 2.24) is 9.55 Å². The van der Waals surface area contributed by atoms with Crippen LogP contribution in [0.4, 0.5) is 0 Å². The van der Waals surface area contributed by atoms with E-state index in [4.69, 9.17) is 5.73 Å². The Bertz CT molecular complexity index is 485. The summed E-state index contributed by atoms with van der Waals surface area (Å²) in [6, 6.07) is 8.44. The Morgan fingerprint density at radius 1 is 1.28 bits per heavy atom. The van der Waals surface area contributed by atoms with Crippen molar-refractivity contribution in [1.29, 1.82) is 0 Å². The number of hydrogen-bond acceptors (Lipinski definition) is 2. The first-order chi connectivity index (χ1) is 8.70. The maximum atomic E-state index is 6.25. The van der Waals surface area contributed by atoms with Gasteiger partial charge in [-0.25, -0.2) is 4.98 Å². The first kappa shape index (κ1) is 12.8. The van der Waals surface area contributed by atoms with E-state index in [-0.39, 0.29) is 6.04 Å². The van der Waals surface area contributed by atoms with E-state index in [2.05, 4.69) is 47.7 Å². The molecule has 1 aromatic heterocycles. The summed E-state index contributed by atoms with van der Waals surface area (Å²) >= 11 is 0. The first-order valence-corrected chi connectivity index (χ1v) is 6.53. The highest BCUT2D eigenvalue weighted by atomic mass is 15.1. The molecular weight excluding hydrogens is 222 g/mol. The fourth-order valence-corrected chi connectivity index (χ4v) is 2.10. The third kappa shape index (κ3) is 2.99. The zero-order chi connectivity index (χ0) is 13.0. The van der Waals surface area contributed by atoms with Crippen LogP contribution in [0.5, 0.6) is 0 Å². The van der Waals surface area contributed by atoms with E-state index < -0.39 is 0 Å². The molecule has 2 rings (SSSR count). The fraction of sp³-hybridized carbons (Fsp3) is 0.400. The topological polar surface area (TPSA) is 43.8 Å². The predicted octanol–water partition coefficient (Wildman–Crippen LogP) is 2.84. The standard InChI is InChI=1S/C15H21N3/c1-3-9-18-10-8-17-15(18)11-14(16)13-6-4-12(2)5-7-13/h4-8,10,14H,3,9,11,16H2,1-2H3. The number of imidazole rings is 1. The molecule has 0 aliphatic rings. The second kappa shape index (κ2) is 5.83. The van der Waals surface area contributed by atoms with Gasteiger partial charge in [0.25, 0.3) is 0 Å². The summed E-state index contributed by atoms with van der Waals surface area (Å²) in [5.74, 6) is 1.07. The Labute approximate surface area is 109 Å². The lowest BCUT2D eigenvalue weighted by Gasteiger charge is -2.13. The van der Waals surface area contributed by atoms with Gasteiger partial charge in [0, 0.05) is 31.4 Å². The van der Waals surface area contributed by atoms with Gasteiger partial charge in [0.05, 0.1) is 0 Å².